The Labute approximate surface area is 106 Å². The molecular formula is C14H17NO3. The largest absolute Gasteiger partial charge is 0.481 e. The molecule has 0 bridgehead atoms. The van der Waals surface area contributed by atoms with Gasteiger partial charge in [0.2, 0.25) is 0 Å². The summed E-state index contributed by atoms with van der Waals surface area (Å²) >= 11 is 0. The Morgan fingerprint density at radius 3 is 2.61 bits per heavy atom. The summed E-state index contributed by atoms with van der Waals surface area (Å²) in [5.41, 5.74) is -0.276. The molecule has 1 aromatic carbocycles. The van der Waals surface area contributed by atoms with Crippen LogP contribution in [0.2, 0.25) is 0 Å². The Balaban J connectivity index is 2.10. The molecular weight excluding hydrogens is 230 g/mol. The van der Waals surface area contributed by atoms with Crippen molar-refractivity contribution >= 4 is 11.9 Å². The van der Waals surface area contributed by atoms with Crippen LogP contribution in [0.15, 0.2) is 30.3 Å². The highest BCUT2D eigenvalue weighted by Crippen LogP contribution is 2.38. The predicted molar refractivity (Wildman–Crippen MR) is 67.3 cm³/mol. The number of carbonyl (C=O) groups is 2. The van der Waals surface area contributed by atoms with Gasteiger partial charge in [-0.15, -0.1) is 0 Å². The number of rotatable bonds is 3. The lowest BCUT2D eigenvalue weighted by molar-refractivity contribution is -0.148. The van der Waals surface area contributed by atoms with Gasteiger partial charge in [0.1, 0.15) is 0 Å². The van der Waals surface area contributed by atoms with Gasteiger partial charge in [-0.2, -0.15) is 0 Å². The fourth-order valence-corrected chi connectivity index (χ4v) is 2.48. The number of carboxylic acid groups (broad SMARTS) is 1. The summed E-state index contributed by atoms with van der Waals surface area (Å²) in [6.45, 7) is 1.71. The fraction of sp³-hybridized carbons (Fsp3) is 0.429. The van der Waals surface area contributed by atoms with Gasteiger partial charge in [-0.1, -0.05) is 24.6 Å². The topological polar surface area (TPSA) is 66.4 Å². The Morgan fingerprint density at radius 2 is 2.00 bits per heavy atom. The zero-order valence-corrected chi connectivity index (χ0v) is 10.3. The maximum absolute atomic E-state index is 12.0. The third-order valence-corrected chi connectivity index (χ3v) is 3.79. The van der Waals surface area contributed by atoms with Gasteiger partial charge in [0.05, 0.1) is 5.41 Å². The van der Waals surface area contributed by atoms with Crippen LogP contribution in [0.1, 0.15) is 36.5 Å². The molecule has 0 spiro atoms. The Morgan fingerprint density at radius 1 is 1.33 bits per heavy atom. The van der Waals surface area contributed by atoms with E-state index < -0.39 is 11.4 Å². The van der Waals surface area contributed by atoms with Crippen LogP contribution >= 0.6 is 0 Å². The molecule has 2 rings (SSSR count). The summed E-state index contributed by atoms with van der Waals surface area (Å²) in [7, 11) is 0. The number of nitrogens with one attached hydrogen (secondary N) is 1. The Bertz CT molecular complexity index is 457. The fourth-order valence-electron chi connectivity index (χ4n) is 2.48. The lowest BCUT2D eigenvalue weighted by Crippen LogP contribution is -2.47. The van der Waals surface area contributed by atoms with E-state index in [0.29, 0.717) is 12.0 Å². The van der Waals surface area contributed by atoms with Crippen LogP contribution in [0.4, 0.5) is 0 Å². The molecule has 18 heavy (non-hydrogen) atoms. The van der Waals surface area contributed by atoms with Crippen molar-refractivity contribution in [3.63, 3.8) is 0 Å². The van der Waals surface area contributed by atoms with Crippen molar-refractivity contribution in [3.8, 4) is 0 Å². The van der Waals surface area contributed by atoms with Crippen molar-refractivity contribution < 1.29 is 14.7 Å². The molecule has 1 aliphatic rings. The minimum Gasteiger partial charge on any atom is -0.481 e. The van der Waals surface area contributed by atoms with Gasteiger partial charge in [0.15, 0.2) is 0 Å². The highest BCUT2D eigenvalue weighted by molar-refractivity contribution is 5.94. The van der Waals surface area contributed by atoms with E-state index in [1.165, 1.54) is 0 Å². The standard InChI is InChI=1S/C14H17NO3/c1-14(13(17)18)9-5-8-11(14)15-12(16)10-6-3-2-4-7-10/h2-4,6-7,11H,5,8-9H2,1H3,(H,15,16)(H,17,18). The average Bonchev–Trinajstić information content (AvgIpc) is 2.73. The van der Waals surface area contributed by atoms with E-state index in [-0.39, 0.29) is 11.9 Å². The molecule has 4 heteroatoms. The highest BCUT2D eigenvalue weighted by Gasteiger charge is 2.45. The summed E-state index contributed by atoms with van der Waals surface area (Å²) in [6, 6.07) is 8.58. The first-order valence-electron chi connectivity index (χ1n) is 6.13. The first-order valence-corrected chi connectivity index (χ1v) is 6.13. The second-order valence-corrected chi connectivity index (χ2v) is 5.01. The third kappa shape index (κ3) is 2.23. The molecule has 0 aromatic heterocycles. The quantitative estimate of drug-likeness (QED) is 0.859. The maximum atomic E-state index is 12.0. The first kappa shape index (κ1) is 12.6. The van der Waals surface area contributed by atoms with Crippen molar-refractivity contribution in [3.05, 3.63) is 35.9 Å². The number of amides is 1. The molecule has 1 amide bonds. The summed E-state index contributed by atoms with van der Waals surface area (Å²) in [4.78, 5) is 23.3. The van der Waals surface area contributed by atoms with Gasteiger partial charge in [-0.3, -0.25) is 9.59 Å². The monoisotopic (exact) mass is 247 g/mol. The number of hydrogen-bond acceptors (Lipinski definition) is 2. The normalized spacial score (nSPS) is 26.8. The molecule has 0 radical (unpaired) electrons. The molecule has 4 nitrogen and oxygen atoms in total. The first-order chi connectivity index (χ1) is 8.54. The average molecular weight is 247 g/mol. The lowest BCUT2D eigenvalue weighted by atomic mass is 9.85. The predicted octanol–water partition coefficient (Wildman–Crippen LogP) is 2.06. The summed E-state index contributed by atoms with van der Waals surface area (Å²) in [5, 5.41) is 12.1. The van der Waals surface area contributed by atoms with Crippen molar-refractivity contribution in [2.45, 2.75) is 32.2 Å². The third-order valence-electron chi connectivity index (χ3n) is 3.79. The van der Waals surface area contributed by atoms with Crippen molar-refractivity contribution in [1.82, 2.24) is 5.32 Å². The zero-order valence-electron chi connectivity index (χ0n) is 10.3. The number of benzene rings is 1. The number of carbonyl (C=O) groups excluding carboxylic acids is 1. The molecule has 1 fully saturated rings. The molecule has 0 aliphatic heterocycles. The van der Waals surface area contributed by atoms with E-state index in [2.05, 4.69) is 5.32 Å². The van der Waals surface area contributed by atoms with Crippen LogP contribution in [0, 0.1) is 5.41 Å². The Hall–Kier alpha value is -1.84. The van der Waals surface area contributed by atoms with Gasteiger partial charge >= 0.3 is 5.97 Å². The van der Waals surface area contributed by atoms with Gasteiger partial charge in [0.25, 0.3) is 5.91 Å². The molecule has 2 unspecified atom stereocenters. The van der Waals surface area contributed by atoms with E-state index in [1.54, 1.807) is 31.2 Å². The second kappa shape index (κ2) is 4.80. The molecule has 0 saturated heterocycles. The maximum Gasteiger partial charge on any atom is 0.311 e. The van der Waals surface area contributed by atoms with Crippen molar-refractivity contribution in [2.75, 3.05) is 0 Å². The van der Waals surface area contributed by atoms with Crippen LogP contribution in [0.25, 0.3) is 0 Å². The molecule has 1 saturated carbocycles. The zero-order chi connectivity index (χ0) is 13.2. The number of aliphatic carboxylic acids is 1. The van der Waals surface area contributed by atoms with Crippen LogP contribution in [0.5, 0.6) is 0 Å². The molecule has 1 aromatic rings. The number of hydrogen-bond donors (Lipinski definition) is 2. The van der Waals surface area contributed by atoms with E-state index in [4.69, 9.17) is 0 Å². The van der Waals surface area contributed by atoms with Gasteiger partial charge in [-0.25, -0.2) is 0 Å². The van der Waals surface area contributed by atoms with Crippen LogP contribution in [-0.4, -0.2) is 23.0 Å². The van der Waals surface area contributed by atoms with E-state index in [1.807, 2.05) is 6.07 Å². The molecule has 96 valence electrons. The molecule has 2 atom stereocenters. The van der Waals surface area contributed by atoms with E-state index in [0.717, 1.165) is 12.8 Å². The molecule has 2 N–H and O–H groups in total. The lowest BCUT2D eigenvalue weighted by Gasteiger charge is -2.27. The summed E-state index contributed by atoms with van der Waals surface area (Å²) < 4.78 is 0. The van der Waals surface area contributed by atoms with E-state index in [9.17, 15) is 14.7 Å². The van der Waals surface area contributed by atoms with Gasteiger partial charge < -0.3 is 10.4 Å². The SMILES string of the molecule is CC1(C(=O)O)CCCC1NC(=O)c1ccccc1. The van der Waals surface area contributed by atoms with Crippen LogP contribution in [0.3, 0.4) is 0 Å². The smallest absolute Gasteiger partial charge is 0.311 e. The van der Waals surface area contributed by atoms with Crippen molar-refractivity contribution in [2.24, 2.45) is 5.41 Å². The number of carboxylic acids is 1. The van der Waals surface area contributed by atoms with Crippen LogP contribution in [-0.2, 0) is 4.79 Å². The highest BCUT2D eigenvalue weighted by atomic mass is 16.4. The van der Waals surface area contributed by atoms with Gasteiger partial charge in [0, 0.05) is 11.6 Å². The summed E-state index contributed by atoms with van der Waals surface area (Å²) in [5.74, 6) is -1.03. The van der Waals surface area contributed by atoms with Gasteiger partial charge in [-0.05, 0) is 31.9 Å². The minimum absolute atomic E-state index is 0.199. The second-order valence-electron chi connectivity index (χ2n) is 5.01. The van der Waals surface area contributed by atoms with E-state index >= 15 is 0 Å². The Kier molecular flexibility index (Phi) is 3.36. The van der Waals surface area contributed by atoms with Crippen LogP contribution < -0.4 is 5.32 Å². The minimum atomic E-state index is -0.843. The molecule has 0 heterocycles. The van der Waals surface area contributed by atoms with Crippen molar-refractivity contribution in [1.29, 1.82) is 0 Å². The summed E-state index contributed by atoms with van der Waals surface area (Å²) in [6.07, 6.45) is 2.17. The molecule has 1 aliphatic carbocycles.